The van der Waals surface area contributed by atoms with Crippen molar-refractivity contribution >= 4 is 17.7 Å². The number of anilines is 1. The number of nitrogens with one attached hydrogen (secondary N) is 1. The highest BCUT2D eigenvalue weighted by Crippen LogP contribution is 2.19. The number of methoxy groups -OCH3 is 1. The van der Waals surface area contributed by atoms with Crippen molar-refractivity contribution in [1.82, 2.24) is 4.98 Å². The van der Waals surface area contributed by atoms with Crippen LogP contribution in [0.1, 0.15) is 22.4 Å². The predicted molar refractivity (Wildman–Crippen MR) is 88.7 cm³/mol. The molecule has 0 saturated carbocycles. The van der Waals surface area contributed by atoms with Crippen LogP contribution in [0, 0.1) is 28.4 Å². The van der Waals surface area contributed by atoms with Crippen LogP contribution in [0.25, 0.3) is 0 Å². The summed E-state index contributed by atoms with van der Waals surface area (Å²) in [7, 11) is 1.55. The Hall–Kier alpha value is -3.31. The molecule has 0 amide bonds. The Balaban J connectivity index is 2.19. The minimum atomic E-state index is -0.466. The number of pyridine rings is 1. The summed E-state index contributed by atoms with van der Waals surface area (Å²) in [6.45, 7) is 2.11. The quantitative estimate of drug-likeness (QED) is 0.496. The molecule has 0 bridgehead atoms. The first-order valence-electron chi connectivity index (χ1n) is 6.98. The second-order valence-corrected chi connectivity index (χ2v) is 4.91. The third kappa shape index (κ3) is 4.12. The second-order valence-electron chi connectivity index (χ2n) is 4.91. The Labute approximate surface area is 138 Å². The molecule has 2 rings (SSSR count). The number of nitriles is 1. The molecule has 0 aliphatic carbocycles. The number of hydrogen-bond acceptors (Lipinski definition) is 7. The summed E-state index contributed by atoms with van der Waals surface area (Å²) < 4.78 is 5.08. The van der Waals surface area contributed by atoms with Crippen LogP contribution in [0.15, 0.2) is 35.4 Å². The van der Waals surface area contributed by atoms with Crippen LogP contribution in [0.2, 0.25) is 0 Å². The molecule has 0 fully saturated rings. The molecular weight excluding hydrogens is 310 g/mol. The number of hydrazone groups is 1. The SMILES string of the molecule is COCc1cc(C)nc(N/N=C/c2ccc([N+](=O)[O-])cc2)c1C#N. The summed E-state index contributed by atoms with van der Waals surface area (Å²) in [5, 5.41) is 24.0. The largest absolute Gasteiger partial charge is 0.380 e. The standard InChI is InChI=1S/C16H15N5O3/c1-11-7-13(10-24-2)15(8-17)16(19-11)20-18-9-12-3-5-14(6-4-12)21(22)23/h3-7,9H,10H2,1-2H3,(H,19,20)/b18-9+. The Morgan fingerprint density at radius 1 is 1.46 bits per heavy atom. The summed E-state index contributed by atoms with van der Waals surface area (Å²) >= 11 is 0. The van der Waals surface area contributed by atoms with Crippen LogP contribution >= 0.6 is 0 Å². The number of non-ortho nitro benzene ring substituents is 1. The zero-order valence-electron chi connectivity index (χ0n) is 13.2. The lowest BCUT2D eigenvalue weighted by Gasteiger charge is -2.09. The van der Waals surface area contributed by atoms with E-state index in [9.17, 15) is 15.4 Å². The van der Waals surface area contributed by atoms with Gasteiger partial charge in [-0.25, -0.2) is 4.98 Å². The highest BCUT2D eigenvalue weighted by molar-refractivity contribution is 5.80. The summed E-state index contributed by atoms with van der Waals surface area (Å²) in [6.07, 6.45) is 1.49. The van der Waals surface area contributed by atoms with Crippen molar-refractivity contribution in [2.75, 3.05) is 12.5 Å². The van der Waals surface area contributed by atoms with E-state index >= 15 is 0 Å². The summed E-state index contributed by atoms with van der Waals surface area (Å²) in [5.74, 6) is 0.336. The number of rotatable bonds is 6. The van der Waals surface area contributed by atoms with E-state index in [2.05, 4.69) is 21.6 Å². The van der Waals surface area contributed by atoms with Crippen molar-refractivity contribution in [3.63, 3.8) is 0 Å². The van der Waals surface area contributed by atoms with Gasteiger partial charge < -0.3 is 4.74 Å². The molecule has 2 aromatic rings. The van der Waals surface area contributed by atoms with Crippen LogP contribution in [0.5, 0.6) is 0 Å². The average molecular weight is 325 g/mol. The van der Waals surface area contributed by atoms with Crippen molar-refractivity contribution in [2.24, 2.45) is 5.10 Å². The maximum atomic E-state index is 10.6. The highest BCUT2D eigenvalue weighted by Gasteiger charge is 2.10. The molecule has 8 nitrogen and oxygen atoms in total. The van der Waals surface area contributed by atoms with Gasteiger partial charge in [0.1, 0.15) is 11.6 Å². The molecule has 122 valence electrons. The fourth-order valence-corrected chi connectivity index (χ4v) is 2.07. The number of aryl methyl sites for hydroxylation is 1. The number of nitrogens with zero attached hydrogens (tertiary/aromatic N) is 4. The van der Waals surface area contributed by atoms with Gasteiger partial charge >= 0.3 is 0 Å². The Morgan fingerprint density at radius 3 is 2.75 bits per heavy atom. The lowest BCUT2D eigenvalue weighted by atomic mass is 10.1. The Kier molecular flexibility index (Phi) is 5.54. The van der Waals surface area contributed by atoms with E-state index in [1.807, 2.05) is 6.92 Å². The number of benzene rings is 1. The minimum Gasteiger partial charge on any atom is -0.380 e. The molecular formula is C16H15N5O3. The zero-order chi connectivity index (χ0) is 17.5. The number of aromatic nitrogens is 1. The van der Waals surface area contributed by atoms with Crippen LogP contribution in [-0.2, 0) is 11.3 Å². The molecule has 8 heteroatoms. The van der Waals surface area contributed by atoms with Crippen LogP contribution in [-0.4, -0.2) is 23.2 Å². The van der Waals surface area contributed by atoms with Crippen LogP contribution in [0.4, 0.5) is 11.5 Å². The summed E-state index contributed by atoms with van der Waals surface area (Å²) in [5.41, 5.74) is 5.24. The van der Waals surface area contributed by atoms with E-state index in [1.165, 1.54) is 18.3 Å². The van der Waals surface area contributed by atoms with Gasteiger partial charge in [-0.3, -0.25) is 15.5 Å². The second kappa shape index (κ2) is 7.80. The van der Waals surface area contributed by atoms with E-state index in [1.54, 1.807) is 25.3 Å². The first kappa shape index (κ1) is 17.1. The maximum Gasteiger partial charge on any atom is 0.269 e. The summed E-state index contributed by atoms with van der Waals surface area (Å²) in [4.78, 5) is 14.4. The summed E-state index contributed by atoms with van der Waals surface area (Å²) in [6, 6.07) is 9.82. The normalized spacial score (nSPS) is 10.5. The molecule has 0 aliphatic heterocycles. The molecule has 1 aromatic carbocycles. The van der Waals surface area contributed by atoms with Gasteiger partial charge in [0.25, 0.3) is 5.69 Å². The molecule has 0 aliphatic rings. The van der Waals surface area contributed by atoms with E-state index < -0.39 is 4.92 Å². The van der Waals surface area contributed by atoms with E-state index in [0.29, 0.717) is 23.6 Å². The van der Waals surface area contributed by atoms with E-state index in [-0.39, 0.29) is 5.69 Å². The van der Waals surface area contributed by atoms with Crippen molar-refractivity contribution < 1.29 is 9.66 Å². The third-order valence-electron chi connectivity index (χ3n) is 3.13. The number of nitro groups is 1. The maximum absolute atomic E-state index is 10.6. The fraction of sp³-hybridized carbons (Fsp3) is 0.188. The van der Waals surface area contributed by atoms with Crippen molar-refractivity contribution in [3.05, 3.63) is 62.8 Å². The lowest BCUT2D eigenvalue weighted by Crippen LogP contribution is -2.03. The minimum absolute atomic E-state index is 0.0106. The predicted octanol–water partition coefficient (Wildman–Crippen LogP) is 2.76. The molecule has 0 saturated heterocycles. The van der Waals surface area contributed by atoms with Gasteiger partial charge in [0.2, 0.25) is 0 Å². The van der Waals surface area contributed by atoms with E-state index in [4.69, 9.17) is 4.74 Å². The molecule has 0 atom stereocenters. The molecule has 0 spiro atoms. The molecule has 1 aromatic heterocycles. The Bertz CT molecular complexity index is 810. The van der Waals surface area contributed by atoms with Crippen molar-refractivity contribution in [3.8, 4) is 6.07 Å². The smallest absolute Gasteiger partial charge is 0.269 e. The number of hydrogen-bond donors (Lipinski definition) is 1. The lowest BCUT2D eigenvalue weighted by molar-refractivity contribution is -0.384. The Morgan fingerprint density at radius 2 is 2.17 bits per heavy atom. The van der Waals surface area contributed by atoms with Crippen LogP contribution < -0.4 is 5.43 Å². The van der Waals surface area contributed by atoms with Crippen molar-refractivity contribution in [1.29, 1.82) is 5.26 Å². The zero-order valence-corrected chi connectivity index (χ0v) is 13.2. The van der Waals surface area contributed by atoms with E-state index in [0.717, 1.165) is 11.3 Å². The first-order chi connectivity index (χ1) is 11.5. The molecule has 24 heavy (non-hydrogen) atoms. The monoisotopic (exact) mass is 325 g/mol. The van der Waals surface area contributed by atoms with Gasteiger partial charge in [0, 0.05) is 30.5 Å². The topological polar surface area (TPSA) is 113 Å². The fourth-order valence-electron chi connectivity index (χ4n) is 2.07. The average Bonchev–Trinajstić information content (AvgIpc) is 2.55. The molecule has 1 heterocycles. The highest BCUT2D eigenvalue weighted by atomic mass is 16.6. The van der Waals surface area contributed by atoms with Gasteiger partial charge in [-0.2, -0.15) is 10.4 Å². The van der Waals surface area contributed by atoms with Gasteiger partial charge in [-0.1, -0.05) is 0 Å². The van der Waals surface area contributed by atoms with Gasteiger partial charge in [0.05, 0.1) is 17.7 Å². The number of ether oxygens (including phenoxy) is 1. The van der Waals surface area contributed by atoms with Gasteiger partial charge in [-0.15, -0.1) is 0 Å². The van der Waals surface area contributed by atoms with Crippen LogP contribution in [0.3, 0.4) is 0 Å². The number of nitro benzene ring substituents is 1. The molecule has 1 N–H and O–H groups in total. The first-order valence-corrected chi connectivity index (χ1v) is 6.98. The third-order valence-corrected chi connectivity index (χ3v) is 3.13. The van der Waals surface area contributed by atoms with Gasteiger partial charge in [-0.05, 0) is 30.7 Å². The van der Waals surface area contributed by atoms with Crippen molar-refractivity contribution in [2.45, 2.75) is 13.5 Å². The molecule has 0 radical (unpaired) electrons. The van der Waals surface area contributed by atoms with Gasteiger partial charge in [0.15, 0.2) is 5.82 Å². The molecule has 0 unspecified atom stereocenters.